The van der Waals surface area contributed by atoms with Crippen LogP contribution in [0.25, 0.3) is 0 Å². The second-order valence-electron chi connectivity index (χ2n) is 6.80. The van der Waals surface area contributed by atoms with Crippen LogP contribution in [0.1, 0.15) is 54.0 Å². The van der Waals surface area contributed by atoms with Gasteiger partial charge >= 0.3 is 0 Å². The molecule has 3 nitrogen and oxygen atoms in total. The number of carbonyl (C=O) groups is 1. The van der Waals surface area contributed by atoms with Gasteiger partial charge in [-0.1, -0.05) is 24.6 Å². The molecule has 0 bridgehead atoms. The molecule has 0 saturated heterocycles. The summed E-state index contributed by atoms with van der Waals surface area (Å²) in [4.78, 5) is 14.7. The first-order valence-corrected chi connectivity index (χ1v) is 8.65. The van der Waals surface area contributed by atoms with E-state index >= 15 is 0 Å². The fraction of sp³-hybridized carbons (Fsp3) is 0.421. The maximum atomic E-state index is 12.8. The average molecular weight is 330 g/mol. The normalized spacial score (nSPS) is 22.9. The van der Waals surface area contributed by atoms with Gasteiger partial charge in [-0.05, 0) is 55.5 Å². The second kappa shape index (κ2) is 5.72. The summed E-state index contributed by atoms with van der Waals surface area (Å²) in [5.41, 5.74) is 0.645. The first-order chi connectivity index (χ1) is 11.1. The fourth-order valence-corrected chi connectivity index (χ4v) is 3.30. The van der Waals surface area contributed by atoms with E-state index in [9.17, 15) is 4.79 Å². The van der Waals surface area contributed by atoms with Gasteiger partial charge in [0, 0.05) is 22.5 Å². The van der Waals surface area contributed by atoms with Crippen LogP contribution in [-0.4, -0.2) is 16.8 Å². The number of halogens is 1. The molecule has 1 amide bonds. The molecule has 2 aliphatic carbocycles. The predicted molar refractivity (Wildman–Crippen MR) is 89.6 cm³/mol. The molecule has 0 N–H and O–H groups in total. The van der Waals surface area contributed by atoms with E-state index in [0.717, 1.165) is 30.3 Å². The highest BCUT2D eigenvalue weighted by Gasteiger charge is 2.37. The summed E-state index contributed by atoms with van der Waals surface area (Å²) in [5, 5.41) is 0.592. The van der Waals surface area contributed by atoms with Crippen LogP contribution in [-0.2, 0) is 6.54 Å². The van der Waals surface area contributed by atoms with Gasteiger partial charge in [-0.25, -0.2) is 0 Å². The van der Waals surface area contributed by atoms with E-state index in [4.69, 9.17) is 16.0 Å². The number of furan rings is 1. The van der Waals surface area contributed by atoms with Crippen molar-refractivity contribution in [2.24, 2.45) is 5.92 Å². The van der Waals surface area contributed by atoms with Gasteiger partial charge in [0.1, 0.15) is 11.5 Å². The van der Waals surface area contributed by atoms with Crippen molar-refractivity contribution in [3.63, 3.8) is 0 Å². The van der Waals surface area contributed by atoms with Crippen molar-refractivity contribution >= 4 is 17.5 Å². The maximum Gasteiger partial charge on any atom is 0.254 e. The Kier molecular flexibility index (Phi) is 3.68. The average Bonchev–Trinajstić information content (AvgIpc) is 3.45. The molecule has 0 spiro atoms. The number of benzene rings is 1. The van der Waals surface area contributed by atoms with Crippen LogP contribution in [0.3, 0.4) is 0 Å². The quantitative estimate of drug-likeness (QED) is 0.784. The Morgan fingerprint density at radius 1 is 1.30 bits per heavy atom. The summed E-state index contributed by atoms with van der Waals surface area (Å²) < 4.78 is 5.98. The molecule has 1 aromatic heterocycles. The largest absolute Gasteiger partial charge is 0.464 e. The van der Waals surface area contributed by atoms with E-state index in [1.54, 1.807) is 12.1 Å². The Labute approximate surface area is 141 Å². The lowest BCUT2D eigenvalue weighted by atomic mass is 10.2. The topological polar surface area (TPSA) is 33.5 Å². The van der Waals surface area contributed by atoms with Gasteiger partial charge in [0.05, 0.1) is 6.54 Å². The number of carbonyl (C=O) groups excluding carboxylic acids is 1. The Morgan fingerprint density at radius 2 is 2.09 bits per heavy atom. The highest BCUT2D eigenvalue weighted by Crippen LogP contribution is 2.47. The molecule has 0 radical (unpaired) electrons. The van der Waals surface area contributed by atoms with E-state index in [0.29, 0.717) is 29.1 Å². The Hall–Kier alpha value is -1.74. The van der Waals surface area contributed by atoms with E-state index in [1.165, 1.54) is 6.42 Å². The van der Waals surface area contributed by atoms with E-state index in [1.807, 2.05) is 23.1 Å². The van der Waals surface area contributed by atoms with Crippen molar-refractivity contribution in [2.45, 2.75) is 44.7 Å². The second-order valence-corrected chi connectivity index (χ2v) is 7.23. The van der Waals surface area contributed by atoms with E-state index in [-0.39, 0.29) is 5.91 Å². The Morgan fingerprint density at radius 3 is 2.74 bits per heavy atom. The van der Waals surface area contributed by atoms with Crippen LogP contribution in [0.4, 0.5) is 0 Å². The van der Waals surface area contributed by atoms with Crippen molar-refractivity contribution in [2.75, 3.05) is 0 Å². The monoisotopic (exact) mass is 329 g/mol. The Bertz CT molecular complexity index is 734. The van der Waals surface area contributed by atoms with E-state index < -0.39 is 0 Å². The van der Waals surface area contributed by atoms with Crippen molar-refractivity contribution in [1.82, 2.24) is 4.90 Å². The summed E-state index contributed by atoms with van der Waals surface area (Å²) in [6.45, 7) is 2.78. The molecule has 120 valence electrons. The van der Waals surface area contributed by atoms with Crippen LogP contribution < -0.4 is 0 Å². The molecule has 2 aliphatic rings. The molecular weight excluding hydrogens is 310 g/mol. The highest BCUT2D eigenvalue weighted by molar-refractivity contribution is 6.30. The molecule has 0 unspecified atom stereocenters. The van der Waals surface area contributed by atoms with Crippen LogP contribution in [0.2, 0.25) is 5.02 Å². The summed E-state index contributed by atoms with van der Waals surface area (Å²) >= 11 is 6.02. The lowest BCUT2D eigenvalue weighted by Crippen LogP contribution is -2.32. The first kappa shape index (κ1) is 14.8. The van der Waals surface area contributed by atoms with Crippen LogP contribution in [0.15, 0.2) is 40.8 Å². The molecule has 2 atom stereocenters. The minimum Gasteiger partial charge on any atom is -0.464 e. The number of amides is 1. The molecule has 2 fully saturated rings. The van der Waals surface area contributed by atoms with Crippen molar-refractivity contribution in [1.29, 1.82) is 0 Å². The third-order valence-corrected chi connectivity index (χ3v) is 5.04. The molecule has 23 heavy (non-hydrogen) atoms. The summed E-state index contributed by atoms with van der Waals surface area (Å²) in [6.07, 6.45) is 3.35. The molecule has 4 heteroatoms. The molecule has 4 rings (SSSR count). The van der Waals surface area contributed by atoms with Gasteiger partial charge in [0.15, 0.2) is 0 Å². The van der Waals surface area contributed by atoms with Crippen LogP contribution in [0, 0.1) is 5.92 Å². The zero-order valence-corrected chi connectivity index (χ0v) is 13.9. The maximum absolute atomic E-state index is 12.8. The number of hydrogen-bond acceptors (Lipinski definition) is 2. The molecule has 2 aromatic rings. The van der Waals surface area contributed by atoms with Crippen molar-refractivity contribution < 1.29 is 9.21 Å². The molecule has 0 aliphatic heterocycles. The zero-order valence-electron chi connectivity index (χ0n) is 13.2. The predicted octanol–water partition coefficient (Wildman–Crippen LogP) is 4.86. The van der Waals surface area contributed by atoms with Gasteiger partial charge < -0.3 is 9.32 Å². The number of nitrogens with zero attached hydrogens (tertiary/aromatic N) is 1. The lowest BCUT2D eigenvalue weighted by Gasteiger charge is -2.21. The lowest BCUT2D eigenvalue weighted by molar-refractivity contribution is 0.0716. The van der Waals surface area contributed by atoms with Crippen LogP contribution >= 0.6 is 11.6 Å². The zero-order chi connectivity index (χ0) is 16.0. The van der Waals surface area contributed by atoms with Crippen molar-refractivity contribution in [3.05, 3.63) is 58.5 Å². The Balaban J connectivity index is 1.52. The summed E-state index contributed by atoms with van der Waals surface area (Å²) in [5.74, 6) is 3.27. The van der Waals surface area contributed by atoms with Gasteiger partial charge in [0.2, 0.25) is 0 Å². The minimum absolute atomic E-state index is 0.0349. The molecular formula is C19H20ClNO2. The van der Waals surface area contributed by atoms with E-state index in [2.05, 4.69) is 13.0 Å². The number of hydrogen-bond donors (Lipinski definition) is 0. The summed E-state index contributed by atoms with van der Waals surface area (Å²) in [7, 11) is 0. The molecule has 2 saturated carbocycles. The number of rotatable bonds is 5. The highest BCUT2D eigenvalue weighted by atomic mass is 35.5. The third kappa shape index (κ3) is 3.16. The fourth-order valence-electron chi connectivity index (χ4n) is 3.11. The third-order valence-electron chi connectivity index (χ3n) is 4.80. The standard InChI is InChI=1S/C19H20ClNO2/c1-12-9-17(12)18-8-7-16(23-18)11-21(15-5-6-15)19(22)13-3-2-4-14(20)10-13/h2-4,7-8,10,12,15,17H,5-6,9,11H2,1H3/t12-,17+/m0/s1. The smallest absolute Gasteiger partial charge is 0.254 e. The minimum atomic E-state index is 0.0349. The van der Waals surface area contributed by atoms with Gasteiger partial charge in [-0.3, -0.25) is 4.79 Å². The van der Waals surface area contributed by atoms with Crippen molar-refractivity contribution in [3.8, 4) is 0 Å². The van der Waals surface area contributed by atoms with Gasteiger partial charge in [0.25, 0.3) is 5.91 Å². The first-order valence-electron chi connectivity index (χ1n) is 8.27. The van der Waals surface area contributed by atoms with Crippen LogP contribution in [0.5, 0.6) is 0 Å². The van der Waals surface area contributed by atoms with Gasteiger partial charge in [-0.2, -0.15) is 0 Å². The molecule has 1 heterocycles. The molecule has 1 aromatic carbocycles. The summed E-state index contributed by atoms with van der Waals surface area (Å²) in [6, 6.07) is 11.6. The van der Waals surface area contributed by atoms with Gasteiger partial charge in [-0.15, -0.1) is 0 Å². The SMILES string of the molecule is C[C@H]1C[C@H]1c1ccc(CN(C(=O)c2cccc(Cl)c2)C2CC2)o1.